The first kappa shape index (κ1) is 17.7. The third kappa shape index (κ3) is 3.46. The van der Waals surface area contributed by atoms with Gasteiger partial charge < -0.3 is 10.6 Å². The molecule has 0 aliphatic carbocycles. The fourth-order valence-corrected chi connectivity index (χ4v) is 4.69. The Labute approximate surface area is 151 Å². The van der Waals surface area contributed by atoms with Crippen molar-refractivity contribution in [1.29, 1.82) is 0 Å². The quantitative estimate of drug-likeness (QED) is 0.863. The zero-order valence-corrected chi connectivity index (χ0v) is 14.9. The molecular weight excluding hydrogens is 364 g/mol. The molecule has 25 heavy (non-hydrogen) atoms. The highest BCUT2D eigenvalue weighted by Gasteiger charge is 2.31. The van der Waals surface area contributed by atoms with Crippen LogP contribution in [0.4, 0.5) is 5.82 Å². The minimum Gasteiger partial charge on any atom is -0.365 e. The molecule has 0 spiro atoms. The highest BCUT2D eigenvalue weighted by Crippen LogP contribution is 2.26. The number of nitrogens with zero attached hydrogens (tertiary/aromatic N) is 3. The van der Waals surface area contributed by atoms with Crippen molar-refractivity contribution < 1.29 is 13.2 Å². The van der Waals surface area contributed by atoms with E-state index in [9.17, 15) is 13.2 Å². The number of hydrogen-bond acceptors (Lipinski definition) is 5. The van der Waals surface area contributed by atoms with Gasteiger partial charge in [0.1, 0.15) is 10.7 Å². The molecule has 2 N–H and O–H groups in total. The number of rotatable bonds is 4. The number of nitrogens with two attached hydrogens (primary N) is 1. The van der Waals surface area contributed by atoms with E-state index in [1.165, 1.54) is 10.4 Å². The van der Waals surface area contributed by atoms with Crippen LogP contribution in [0.5, 0.6) is 0 Å². The minimum absolute atomic E-state index is 0.0979. The summed E-state index contributed by atoms with van der Waals surface area (Å²) < 4.78 is 26.9. The molecule has 0 atom stereocenters. The highest BCUT2D eigenvalue weighted by molar-refractivity contribution is 7.89. The number of amides is 1. The van der Waals surface area contributed by atoms with Crippen LogP contribution in [0, 0.1) is 0 Å². The first-order chi connectivity index (χ1) is 11.9. The van der Waals surface area contributed by atoms with Crippen molar-refractivity contribution in [1.82, 2.24) is 9.29 Å². The van der Waals surface area contributed by atoms with Gasteiger partial charge in [-0.25, -0.2) is 13.4 Å². The molecule has 1 aliphatic rings. The van der Waals surface area contributed by atoms with Gasteiger partial charge in [-0.15, -0.1) is 0 Å². The van der Waals surface area contributed by atoms with Crippen molar-refractivity contribution in [3.63, 3.8) is 0 Å². The number of benzene rings is 1. The number of anilines is 1. The zero-order valence-electron chi connectivity index (χ0n) is 13.3. The lowest BCUT2D eigenvalue weighted by Gasteiger charge is -2.35. The van der Waals surface area contributed by atoms with E-state index in [0.29, 0.717) is 24.5 Å². The van der Waals surface area contributed by atoms with Gasteiger partial charge in [-0.3, -0.25) is 4.79 Å². The summed E-state index contributed by atoms with van der Waals surface area (Å²) in [6.45, 7) is 1.34. The van der Waals surface area contributed by atoms with Gasteiger partial charge in [0, 0.05) is 32.4 Å². The van der Waals surface area contributed by atoms with Gasteiger partial charge in [-0.05, 0) is 24.3 Å². The van der Waals surface area contributed by atoms with Crippen LogP contribution in [-0.2, 0) is 10.0 Å². The molecular formula is C16H17ClN4O3S. The van der Waals surface area contributed by atoms with E-state index in [1.807, 2.05) is 4.90 Å². The van der Waals surface area contributed by atoms with E-state index in [0.717, 1.165) is 0 Å². The molecule has 1 aromatic heterocycles. The standard InChI is InChI=1S/C16H17ClN4O3S/c17-13-5-1-2-6-14(13)25(23,24)21-10-8-20(9-11-21)16-12(15(18)22)4-3-7-19-16/h1-7H,8-11H2,(H2,18,22). The number of hydrogen-bond donors (Lipinski definition) is 1. The minimum atomic E-state index is -3.66. The molecule has 0 unspecified atom stereocenters. The Balaban J connectivity index is 1.79. The molecule has 1 saturated heterocycles. The van der Waals surface area contributed by atoms with E-state index >= 15 is 0 Å². The summed E-state index contributed by atoms with van der Waals surface area (Å²) in [7, 11) is -3.66. The Morgan fingerprint density at radius 3 is 2.40 bits per heavy atom. The summed E-state index contributed by atoms with van der Waals surface area (Å²) in [4.78, 5) is 17.7. The Kier molecular flexibility index (Phi) is 4.94. The molecule has 3 rings (SSSR count). The second-order valence-corrected chi connectivity index (χ2v) is 7.87. The molecule has 7 nitrogen and oxygen atoms in total. The van der Waals surface area contributed by atoms with Gasteiger partial charge in [0.2, 0.25) is 10.0 Å². The number of primary amides is 1. The van der Waals surface area contributed by atoms with Crippen LogP contribution in [0.1, 0.15) is 10.4 Å². The maximum atomic E-state index is 12.8. The van der Waals surface area contributed by atoms with Crippen molar-refractivity contribution in [2.75, 3.05) is 31.1 Å². The summed E-state index contributed by atoms with van der Waals surface area (Å²) in [6, 6.07) is 9.62. The lowest BCUT2D eigenvalue weighted by atomic mass is 10.2. The normalized spacial score (nSPS) is 16.0. The molecule has 1 aromatic carbocycles. The maximum absolute atomic E-state index is 12.8. The van der Waals surface area contributed by atoms with Crippen LogP contribution in [0.15, 0.2) is 47.5 Å². The number of halogens is 1. The largest absolute Gasteiger partial charge is 0.365 e. The van der Waals surface area contributed by atoms with Crippen molar-refractivity contribution in [3.8, 4) is 0 Å². The number of carbonyl (C=O) groups is 1. The van der Waals surface area contributed by atoms with E-state index in [1.54, 1.807) is 36.5 Å². The topological polar surface area (TPSA) is 96.6 Å². The van der Waals surface area contributed by atoms with Gasteiger partial charge in [-0.1, -0.05) is 23.7 Å². The number of sulfonamides is 1. The van der Waals surface area contributed by atoms with Gasteiger partial charge in [0.05, 0.1) is 10.6 Å². The average molecular weight is 381 g/mol. The van der Waals surface area contributed by atoms with Gasteiger partial charge in [-0.2, -0.15) is 4.31 Å². The van der Waals surface area contributed by atoms with E-state index in [2.05, 4.69) is 4.98 Å². The van der Waals surface area contributed by atoms with Crippen LogP contribution in [0.25, 0.3) is 0 Å². The molecule has 9 heteroatoms. The third-order valence-electron chi connectivity index (χ3n) is 4.04. The van der Waals surface area contributed by atoms with Crippen LogP contribution >= 0.6 is 11.6 Å². The third-order valence-corrected chi connectivity index (χ3v) is 6.44. The molecule has 2 aromatic rings. The number of carbonyl (C=O) groups excluding carboxylic acids is 1. The van der Waals surface area contributed by atoms with Gasteiger partial charge >= 0.3 is 0 Å². The SMILES string of the molecule is NC(=O)c1cccnc1N1CCN(S(=O)(=O)c2ccccc2Cl)CC1. The van der Waals surface area contributed by atoms with Crippen molar-refractivity contribution >= 4 is 33.3 Å². The first-order valence-electron chi connectivity index (χ1n) is 7.65. The molecule has 0 saturated carbocycles. The van der Waals surface area contributed by atoms with Crippen molar-refractivity contribution in [2.45, 2.75) is 4.90 Å². The lowest BCUT2D eigenvalue weighted by Crippen LogP contribution is -2.49. The zero-order chi connectivity index (χ0) is 18.0. The van der Waals surface area contributed by atoms with E-state index in [-0.39, 0.29) is 23.0 Å². The highest BCUT2D eigenvalue weighted by atomic mass is 35.5. The Morgan fingerprint density at radius 1 is 1.08 bits per heavy atom. The molecule has 132 valence electrons. The Morgan fingerprint density at radius 2 is 1.76 bits per heavy atom. The number of piperazine rings is 1. The fourth-order valence-electron chi connectivity index (χ4n) is 2.77. The Hall–Kier alpha value is -2.16. The van der Waals surface area contributed by atoms with Crippen LogP contribution in [0.2, 0.25) is 5.02 Å². The van der Waals surface area contributed by atoms with Crippen molar-refractivity contribution in [3.05, 3.63) is 53.2 Å². The smallest absolute Gasteiger partial charge is 0.252 e. The molecule has 2 heterocycles. The summed E-state index contributed by atoms with van der Waals surface area (Å²) in [6.07, 6.45) is 1.58. The van der Waals surface area contributed by atoms with Crippen LogP contribution in [-0.4, -0.2) is 49.8 Å². The van der Waals surface area contributed by atoms with Gasteiger partial charge in [0.15, 0.2) is 0 Å². The molecule has 0 radical (unpaired) electrons. The second kappa shape index (κ2) is 6.99. The molecule has 1 fully saturated rings. The number of aromatic nitrogens is 1. The molecule has 1 aliphatic heterocycles. The monoisotopic (exact) mass is 380 g/mol. The summed E-state index contributed by atoms with van der Waals surface area (Å²) in [5.41, 5.74) is 5.71. The summed E-state index contributed by atoms with van der Waals surface area (Å²) >= 11 is 6.03. The molecule has 1 amide bonds. The first-order valence-corrected chi connectivity index (χ1v) is 9.47. The molecule has 0 bridgehead atoms. The van der Waals surface area contributed by atoms with Crippen LogP contribution in [0.3, 0.4) is 0 Å². The predicted molar refractivity (Wildman–Crippen MR) is 95.2 cm³/mol. The lowest BCUT2D eigenvalue weighted by molar-refractivity contribution is 0.100. The fraction of sp³-hybridized carbons (Fsp3) is 0.250. The van der Waals surface area contributed by atoms with Gasteiger partial charge in [0.25, 0.3) is 5.91 Å². The van der Waals surface area contributed by atoms with E-state index in [4.69, 9.17) is 17.3 Å². The predicted octanol–water partition coefficient (Wildman–Crippen LogP) is 1.34. The summed E-state index contributed by atoms with van der Waals surface area (Å²) in [5, 5.41) is 0.200. The van der Waals surface area contributed by atoms with Crippen molar-refractivity contribution in [2.24, 2.45) is 5.73 Å². The maximum Gasteiger partial charge on any atom is 0.252 e. The second-order valence-electron chi connectivity index (χ2n) is 5.56. The summed E-state index contributed by atoms with van der Waals surface area (Å²) in [5.74, 6) is -0.0843. The number of pyridine rings is 1. The van der Waals surface area contributed by atoms with E-state index < -0.39 is 15.9 Å². The Bertz CT molecular complexity index is 896. The van der Waals surface area contributed by atoms with Crippen LogP contribution < -0.4 is 10.6 Å². The average Bonchev–Trinajstić information content (AvgIpc) is 2.62.